The van der Waals surface area contributed by atoms with E-state index in [0.29, 0.717) is 38.8 Å². The van der Waals surface area contributed by atoms with E-state index in [9.17, 15) is 13.2 Å². The highest BCUT2D eigenvalue weighted by Crippen LogP contribution is 2.36. The van der Waals surface area contributed by atoms with Crippen LogP contribution in [0, 0.1) is 0 Å². The van der Waals surface area contributed by atoms with Crippen molar-refractivity contribution in [2.45, 2.75) is 18.4 Å². The lowest BCUT2D eigenvalue weighted by Crippen LogP contribution is -2.33. The summed E-state index contributed by atoms with van der Waals surface area (Å²) < 4.78 is 63.9. The third kappa shape index (κ3) is 5.85. The molecular weight excluding hydrogens is 389 g/mol. The molecule has 2 fully saturated rings. The fraction of sp³-hybridized carbons (Fsp3) is 0.429. The lowest BCUT2D eigenvalue weighted by Gasteiger charge is -2.23. The Labute approximate surface area is 166 Å². The average molecular weight is 410 g/mol. The van der Waals surface area contributed by atoms with E-state index in [1.165, 1.54) is 12.1 Å². The highest BCUT2D eigenvalue weighted by molar-refractivity contribution is 5.67. The Bertz CT molecular complexity index is 812. The molecule has 0 radical (unpaired) electrons. The van der Waals surface area contributed by atoms with Crippen LogP contribution in [0.15, 0.2) is 42.5 Å². The van der Waals surface area contributed by atoms with Gasteiger partial charge in [-0.1, -0.05) is 12.1 Å². The molecule has 2 aromatic rings. The van der Waals surface area contributed by atoms with Crippen molar-refractivity contribution in [2.75, 3.05) is 39.6 Å². The first-order valence-corrected chi connectivity index (χ1v) is 9.35. The molecule has 0 N–H and O–H groups in total. The molecule has 2 heterocycles. The van der Waals surface area contributed by atoms with E-state index in [4.69, 9.17) is 23.7 Å². The van der Waals surface area contributed by atoms with Gasteiger partial charge in [0.1, 0.15) is 30.3 Å². The normalized spacial score (nSPS) is 21.6. The summed E-state index contributed by atoms with van der Waals surface area (Å²) in [7, 11) is 0. The maximum Gasteiger partial charge on any atom is 0.422 e. The maximum atomic E-state index is 12.3. The van der Waals surface area contributed by atoms with Gasteiger partial charge in [-0.15, -0.1) is 0 Å². The van der Waals surface area contributed by atoms with E-state index < -0.39 is 12.8 Å². The Hall–Kier alpha value is -2.29. The molecule has 2 saturated heterocycles. The Morgan fingerprint density at radius 2 is 1.66 bits per heavy atom. The lowest BCUT2D eigenvalue weighted by molar-refractivity contribution is -0.153. The van der Waals surface area contributed by atoms with Gasteiger partial charge in [0, 0.05) is 0 Å². The van der Waals surface area contributed by atoms with Gasteiger partial charge in [-0.05, 0) is 47.0 Å². The Morgan fingerprint density at radius 1 is 0.862 bits per heavy atom. The number of hydrogen-bond acceptors (Lipinski definition) is 5. The van der Waals surface area contributed by atoms with Gasteiger partial charge >= 0.3 is 6.18 Å². The van der Waals surface area contributed by atoms with Crippen LogP contribution >= 0.6 is 0 Å². The van der Waals surface area contributed by atoms with Crippen LogP contribution in [-0.4, -0.2) is 51.9 Å². The average Bonchev–Trinajstić information content (AvgIpc) is 3.57. The van der Waals surface area contributed by atoms with E-state index in [1.54, 1.807) is 12.1 Å². The van der Waals surface area contributed by atoms with E-state index in [0.717, 1.165) is 16.7 Å². The first kappa shape index (κ1) is 20.0. The second-order valence-electron chi connectivity index (χ2n) is 6.92. The summed E-state index contributed by atoms with van der Waals surface area (Å²) in [4.78, 5) is 0. The predicted molar refractivity (Wildman–Crippen MR) is 98.2 cm³/mol. The second kappa shape index (κ2) is 8.61. The summed E-state index contributed by atoms with van der Waals surface area (Å²) in [5.41, 5.74) is 2.72. The first-order valence-electron chi connectivity index (χ1n) is 9.35. The molecule has 2 aliphatic heterocycles. The second-order valence-corrected chi connectivity index (χ2v) is 6.92. The molecule has 8 heteroatoms. The van der Waals surface area contributed by atoms with Crippen molar-refractivity contribution in [3.8, 4) is 22.6 Å². The summed E-state index contributed by atoms with van der Waals surface area (Å²) in [6.45, 7) is 1.37. The van der Waals surface area contributed by atoms with Gasteiger partial charge in [0.2, 0.25) is 0 Å². The van der Waals surface area contributed by atoms with Gasteiger partial charge in [-0.25, -0.2) is 0 Å². The van der Waals surface area contributed by atoms with Crippen molar-refractivity contribution in [1.29, 1.82) is 0 Å². The van der Waals surface area contributed by atoms with Gasteiger partial charge in [-0.2, -0.15) is 13.2 Å². The van der Waals surface area contributed by atoms with E-state index >= 15 is 0 Å². The van der Waals surface area contributed by atoms with Crippen molar-refractivity contribution < 1.29 is 36.9 Å². The molecule has 0 aromatic heterocycles. The molecular formula is C21H21F3O5. The molecule has 4 rings (SSSR count). The summed E-state index contributed by atoms with van der Waals surface area (Å²) in [5.74, 6) is 0.846. The standard InChI is InChI=1S/C21H21F3O5/c22-21(23,24)13-29-17-3-1-14(2-4-17)15-7-16(20-12-28-20)9-18(8-15)27-11-19-10-25-5-6-26-19/h1-4,7-9,19-20H,5-6,10-13H2. The smallest absolute Gasteiger partial charge is 0.422 e. The zero-order chi connectivity index (χ0) is 20.3. The quantitative estimate of drug-likeness (QED) is 0.642. The van der Waals surface area contributed by atoms with Crippen LogP contribution in [0.1, 0.15) is 11.7 Å². The summed E-state index contributed by atoms with van der Waals surface area (Å²) >= 11 is 0. The summed E-state index contributed by atoms with van der Waals surface area (Å²) in [5, 5.41) is 0. The number of epoxide rings is 1. The van der Waals surface area contributed by atoms with Crippen molar-refractivity contribution in [1.82, 2.24) is 0 Å². The number of alkyl halides is 3. The van der Waals surface area contributed by atoms with E-state index in [1.807, 2.05) is 18.2 Å². The van der Waals surface area contributed by atoms with E-state index in [2.05, 4.69) is 0 Å². The number of halogens is 3. The molecule has 0 saturated carbocycles. The van der Waals surface area contributed by atoms with Crippen LogP contribution in [0.2, 0.25) is 0 Å². The van der Waals surface area contributed by atoms with Crippen LogP contribution in [0.4, 0.5) is 13.2 Å². The van der Waals surface area contributed by atoms with Crippen LogP contribution in [-0.2, 0) is 14.2 Å². The van der Waals surface area contributed by atoms with Crippen LogP contribution in [0.5, 0.6) is 11.5 Å². The number of hydrogen-bond donors (Lipinski definition) is 0. The molecule has 2 atom stereocenters. The number of ether oxygens (including phenoxy) is 5. The highest BCUT2D eigenvalue weighted by Gasteiger charge is 2.28. The van der Waals surface area contributed by atoms with E-state index in [-0.39, 0.29) is 18.0 Å². The van der Waals surface area contributed by atoms with Crippen LogP contribution < -0.4 is 9.47 Å². The third-order valence-electron chi connectivity index (χ3n) is 4.54. The van der Waals surface area contributed by atoms with Gasteiger partial charge < -0.3 is 23.7 Å². The molecule has 0 aliphatic carbocycles. The molecule has 0 amide bonds. The van der Waals surface area contributed by atoms with Gasteiger partial charge in [0.05, 0.1) is 26.4 Å². The molecule has 29 heavy (non-hydrogen) atoms. The number of rotatable bonds is 7. The predicted octanol–water partition coefficient (Wildman–Crippen LogP) is 4.16. The van der Waals surface area contributed by atoms with Crippen LogP contribution in [0.25, 0.3) is 11.1 Å². The molecule has 156 valence electrons. The van der Waals surface area contributed by atoms with Crippen molar-refractivity contribution in [3.63, 3.8) is 0 Å². The number of benzene rings is 2. The molecule has 5 nitrogen and oxygen atoms in total. The monoisotopic (exact) mass is 410 g/mol. The Kier molecular flexibility index (Phi) is 5.94. The molecule has 0 bridgehead atoms. The molecule has 0 spiro atoms. The van der Waals surface area contributed by atoms with Crippen molar-refractivity contribution in [3.05, 3.63) is 48.0 Å². The lowest BCUT2D eigenvalue weighted by atomic mass is 10.0. The topological polar surface area (TPSA) is 49.5 Å². The minimum atomic E-state index is -4.36. The fourth-order valence-electron chi connectivity index (χ4n) is 3.03. The maximum absolute atomic E-state index is 12.3. The third-order valence-corrected chi connectivity index (χ3v) is 4.54. The Morgan fingerprint density at radius 3 is 2.31 bits per heavy atom. The van der Waals surface area contributed by atoms with Crippen molar-refractivity contribution >= 4 is 0 Å². The first-order chi connectivity index (χ1) is 14.0. The fourth-order valence-corrected chi connectivity index (χ4v) is 3.03. The summed E-state index contributed by atoms with van der Waals surface area (Å²) in [6.07, 6.45) is -4.43. The van der Waals surface area contributed by atoms with Crippen LogP contribution in [0.3, 0.4) is 0 Å². The highest BCUT2D eigenvalue weighted by atomic mass is 19.4. The minimum absolute atomic E-state index is 0.0426. The van der Waals surface area contributed by atoms with Gasteiger partial charge in [0.25, 0.3) is 0 Å². The van der Waals surface area contributed by atoms with Gasteiger partial charge in [0.15, 0.2) is 6.61 Å². The zero-order valence-corrected chi connectivity index (χ0v) is 15.6. The van der Waals surface area contributed by atoms with Gasteiger partial charge in [-0.3, -0.25) is 0 Å². The zero-order valence-electron chi connectivity index (χ0n) is 15.6. The Balaban J connectivity index is 1.47. The van der Waals surface area contributed by atoms with Crippen molar-refractivity contribution in [2.24, 2.45) is 0 Å². The largest absolute Gasteiger partial charge is 0.491 e. The molecule has 2 aromatic carbocycles. The minimum Gasteiger partial charge on any atom is -0.491 e. The summed E-state index contributed by atoms with van der Waals surface area (Å²) in [6, 6.07) is 12.3. The molecule has 2 unspecified atom stereocenters. The molecule has 2 aliphatic rings. The SMILES string of the molecule is FC(F)(F)COc1ccc(-c2cc(OCC3COCCO3)cc(C3CO3)c2)cc1.